The summed E-state index contributed by atoms with van der Waals surface area (Å²) in [5.41, 5.74) is 0. The summed E-state index contributed by atoms with van der Waals surface area (Å²) in [6.45, 7) is 0. The lowest BCUT2D eigenvalue weighted by atomic mass is 9.82. The number of hydrogen-bond donors (Lipinski definition) is 2. The van der Waals surface area contributed by atoms with E-state index in [9.17, 15) is 14.7 Å². The molecule has 1 saturated heterocycles. The summed E-state index contributed by atoms with van der Waals surface area (Å²) >= 11 is 0. The molecule has 0 aromatic carbocycles. The van der Waals surface area contributed by atoms with Gasteiger partial charge in [0.15, 0.2) is 0 Å². The van der Waals surface area contributed by atoms with Crippen molar-refractivity contribution >= 4 is 11.9 Å². The van der Waals surface area contributed by atoms with E-state index in [-0.39, 0.29) is 18.1 Å². The molecule has 5 heteroatoms. The highest BCUT2D eigenvalue weighted by atomic mass is 16.5. The summed E-state index contributed by atoms with van der Waals surface area (Å²) in [5.74, 6) is -2.41. The molecule has 3 aliphatic rings. The van der Waals surface area contributed by atoms with Gasteiger partial charge in [-0.05, 0) is 12.8 Å². The first-order valence-electron chi connectivity index (χ1n) is 7.54. The Morgan fingerprint density at radius 1 is 1.00 bits per heavy atom. The molecule has 0 radical (unpaired) electrons. The first-order chi connectivity index (χ1) is 9.66. The molecule has 1 aliphatic carbocycles. The van der Waals surface area contributed by atoms with Gasteiger partial charge < -0.3 is 15.2 Å². The molecule has 0 aromatic rings. The predicted octanol–water partition coefficient (Wildman–Crippen LogP) is 1.48. The second-order valence-electron chi connectivity index (χ2n) is 6.04. The van der Waals surface area contributed by atoms with Crippen molar-refractivity contribution in [3.63, 3.8) is 0 Å². The van der Waals surface area contributed by atoms with Gasteiger partial charge in [-0.2, -0.15) is 0 Å². The number of hydrogen-bond acceptors (Lipinski definition) is 3. The van der Waals surface area contributed by atoms with E-state index in [2.05, 4.69) is 5.32 Å². The summed E-state index contributed by atoms with van der Waals surface area (Å²) < 4.78 is 5.54. The number of rotatable bonds is 3. The van der Waals surface area contributed by atoms with Crippen molar-refractivity contribution in [1.29, 1.82) is 0 Å². The van der Waals surface area contributed by atoms with Crippen LogP contribution in [0.15, 0.2) is 12.2 Å². The lowest BCUT2D eigenvalue weighted by Crippen LogP contribution is -2.46. The van der Waals surface area contributed by atoms with Crippen molar-refractivity contribution in [2.75, 3.05) is 0 Å². The molecule has 2 N–H and O–H groups in total. The van der Waals surface area contributed by atoms with Crippen LogP contribution >= 0.6 is 0 Å². The zero-order valence-electron chi connectivity index (χ0n) is 11.5. The molecule has 20 heavy (non-hydrogen) atoms. The van der Waals surface area contributed by atoms with Gasteiger partial charge in [0.1, 0.15) is 5.92 Å². The molecule has 0 aromatic heterocycles. The lowest BCUT2D eigenvalue weighted by Gasteiger charge is -2.24. The Hall–Kier alpha value is -1.36. The van der Waals surface area contributed by atoms with Crippen LogP contribution in [0, 0.1) is 11.8 Å². The third-order valence-electron chi connectivity index (χ3n) is 4.69. The maximum Gasteiger partial charge on any atom is 0.310 e. The molecule has 2 fully saturated rings. The van der Waals surface area contributed by atoms with Crippen molar-refractivity contribution in [3.05, 3.63) is 12.2 Å². The highest BCUT2D eigenvalue weighted by molar-refractivity contribution is 5.87. The number of nitrogens with one attached hydrogen (secondary N) is 1. The molecule has 5 nitrogen and oxygen atoms in total. The minimum Gasteiger partial charge on any atom is -0.481 e. The van der Waals surface area contributed by atoms with E-state index in [0.717, 1.165) is 25.7 Å². The van der Waals surface area contributed by atoms with Crippen LogP contribution in [0.4, 0.5) is 0 Å². The van der Waals surface area contributed by atoms with Gasteiger partial charge in [0.2, 0.25) is 5.91 Å². The van der Waals surface area contributed by atoms with Crippen LogP contribution in [0.5, 0.6) is 0 Å². The van der Waals surface area contributed by atoms with Crippen molar-refractivity contribution in [2.24, 2.45) is 11.8 Å². The summed E-state index contributed by atoms with van der Waals surface area (Å²) in [7, 11) is 0. The topological polar surface area (TPSA) is 75.6 Å². The van der Waals surface area contributed by atoms with Gasteiger partial charge in [0.25, 0.3) is 0 Å². The highest BCUT2D eigenvalue weighted by Gasteiger charge is 2.53. The van der Waals surface area contributed by atoms with E-state index < -0.39 is 23.9 Å². The number of ether oxygens (including phenoxy) is 1. The number of fused-ring (bicyclic) bond motifs is 2. The Bertz CT molecular complexity index is 426. The largest absolute Gasteiger partial charge is 0.481 e. The molecular formula is C15H21NO4. The summed E-state index contributed by atoms with van der Waals surface area (Å²) in [6.07, 6.45) is 9.51. The SMILES string of the molecule is O=C(O)[C@@H]1[C@@H](C(=O)NC2CCCCCC2)[C@H]2C=C[C@H]1O2. The standard InChI is InChI=1S/C15H21NO4/c17-14(16-9-5-3-1-2-4-6-9)12-10-7-8-11(20-10)13(12)15(18)19/h7-13H,1-6H2,(H,16,17)(H,18,19)/t10-,11-,12+,13+/m1/s1. The highest BCUT2D eigenvalue weighted by Crippen LogP contribution is 2.39. The van der Waals surface area contributed by atoms with Crippen LogP contribution in [-0.4, -0.2) is 35.2 Å². The molecular weight excluding hydrogens is 258 g/mol. The van der Waals surface area contributed by atoms with Crippen molar-refractivity contribution < 1.29 is 19.4 Å². The maximum absolute atomic E-state index is 12.4. The molecule has 4 atom stereocenters. The van der Waals surface area contributed by atoms with Gasteiger partial charge >= 0.3 is 5.97 Å². The second-order valence-corrected chi connectivity index (χ2v) is 6.04. The summed E-state index contributed by atoms with van der Waals surface area (Å²) in [6, 6.07) is 0.197. The minimum absolute atomic E-state index is 0.152. The fourth-order valence-corrected chi connectivity index (χ4v) is 3.64. The number of aliphatic carboxylic acids is 1. The van der Waals surface area contributed by atoms with E-state index >= 15 is 0 Å². The first-order valence-corrected chi connectivity index (χ1v) is 7.54. The van der Waals surface area contributed by atoms with E-state index in [0.29, 0.717) is 0 Å². The average molecular weight is 279 g/mol. The number of amides is 1. The van der Waals surface area contributed by atoms with E-state index in [4.69, 9.17) is 4.74 Å². The van der Waals surface area contributed by atoms with Crippen LogP contribution in [-0.2, 0) is 14.3 Å². The van der Waals surface area contributed by atoms with E-state index in [1.807, 2.05) is 6.08 Å². The Labute approximate surface area is 118 Å². The smallest absolute Gasteiger partial charge is 0.310 e. The second kappa shape index (κ2) is 5.56. The number of carboxylic acids is 1. The summed E-state index contributed by atoms with van der Waals surface area (Å²) in [5, 5.41) is 12.4. The quantitative estimate of drug-likeness (QED) is 0.606. The Morgan fingerprint density at radius 3 is 2.20 bits per heavy atom. The molecule has 1 amide bonds. The van der Waals surface area contributed by atoms with Gasteiger partial charge in [0.05, 0.1) is 18.1 Å². The molecule has 2 aliphatic heterocycles. The number of carboxylic acid groups (broad SMARTS) is 1. The minimum atomic E-state index is -0.942. The first kappa shape index (κ1) is 13.6. The van der Waals surface area contributed by atoms with Crippen LogP contribution in [0.2, 0.25) is 0 Å². The third-order valence-corrected chi connectivity index (χ3v) is 4.69. The zero-order chi connectivity index (χ0) is 14.1. The normalized spacial score (nSPS) is 36.8. The molecule has 0 unspecified atom stereocenters. The Balaban J connectivity index is 1.66. The van der Waals surface area contributed by atoms with E-state index in [1.165, 1.54) is 12.8 Å². The zero-order valence-corrected chi connectivity index (χ0v) is 11.5. The van der Waals surface area contributed by atoms with Crippen molar-refractivity contribution in [3.8, 4) is 0 Å². The molecule has 2 heterocycles. The lowest BCUT2D eigenvalue weighted by molar-refractivity contribution is -0.146. The van der Waals surface area contributed by atoms with Crippen LogP contribution in [0.3, 0.4) is 0 Å². The monoisotopic (exact) mass is 279 g/mol. The Kier molecular flexibility index (Phi) is 3.78. The molecule has 110 valence electrons. The third kappa shape index (κ3) is 2.46. The molecule has 2 bridgehead atoms. The Morgan fingerprint density at radius 2 is 1.60 bits per heavy atom. The fraction of sp³-hybridized carbons (Fsp3) is 0.733. The van der Waals surface area contributed by atoms with Crippen LogP contribution in [0.25, 0.3) is 0 Å². The van der Waals surface area contributed by atoms with Crippen molar-refractivity contribution in [2.45, 2.75) is 56.8 Å². The van der Waals surface area contributed by atoms with E-state index in [1.54, 1.807) is 6.08 Å². The van der Waals surface area contributed by atoms with Gasteiger partial charge in [-0.15, -0.1) is 0 Å². The molecule has 1 saturated carbocycles. The molecule has 3 rings (SSSR count). The number of carbonyl (C=O) groups is 2. The number of carbonyl (C=O) groups excluding carboxylic acids is 1. The van der Waals surface area contributed by atoms with Crippen LogP contribution < -0.4 is 5.32 Å². The van der Waals surface area contributed by atoms with Gasteiger partial charge in [0, 0.05) is 6.04 Å². The van der Waals surface area contributed by atoms with Gasteiger partial charge in [-0.25, -0.2) is 0 Å². The maximum atomic E-state index is 12.4. The van der Waals surface area contributed by atoms with Crippen LogP contribution in [0.1, 0.15) is 38.5 Å². The van der Waals surface area contributed by atoms with Crippen molar-refractivity contribution in [1.82, 2.24) is 5.32 Å². The molecule has 0 spiro atoms. The van der Waals surface area contributed by atoms with Gasteiger partial charge in [-0.1, -0.05) is 37.8 Å². The summed E-state index contributed by atoms with van der Waals surface area (Å²) in [4.78, 5) is 23.8. The fourth-order valence-electron chi connectivity index (χ4n) is 3.64. The van der Waals surface area contributed by atoms with Gasteiger partial charge in [-0.3, -0.25) is 9.59 Å². The predicted molar refractivity (Wildman–Crippen MR) is 72.0 cm³/mol. The average Bonchev–Trinajstić information content (AvgIpc) is 2.93.